The van der Waals surface area contributed by atoms with E-state index in [2.05, 4.69) is 16.1 Å². The van der Waals surface area contributed by atoms with Crippen LogP contribution in [0.1, 0.15) is 16.7 Å². The summed E-state index contributed by atoms with van der Waals surface area (Å²) in [6, 6.07) is 21.2. The first-order valence-corrected chi connectivity index (χ1v) is 9.83. The highest BCUT2D eigenvalue weighted by Crippen LogP contribution is 2.22. The summed E-state index contributed by atoms with van der Waals surface area (Å²) in [5.74, 6) is 0. The molecule has 0 saturated heterocycles. The highest BCUT2D eigenvalue weighted by atomic mass is 32.2. The SMILES string of the molecule is Cc1ccc(S(=O)(=O)Nc2ccc(Nc3cccc(C#N)c3)cc2)cc1C. The van der Waals surface area contributed by atoms with Gasteiger partial charge in [-0.2, -0.15) is 5.26 Å². The molecule has 5 nitrogen and oxygen atoms in total. The van der Waals surface area contributed by atoms with Crippen LogP contribution in [0, 0.1) is 25.2 Å². The predicted octanol–water partition coefficient (Wildman–Crippen LogP) is 4.72. The van der Waals surface area contributed by atoms with Crippen LogP contribution >= 0.6 is 0 Å². The number of sulfonamides is 1. The number of benzene rings is 3. The van der Waals surface area contributed by atoms with E-state index in [1.165, 1.54) is 0 Å². The van der Waals surface area contributed by atoms with Crippen molar-refractivity contribution in [3.63, 3.8) is 0 Å². The third kappa shape index (κ3) is 4.46. The van der Waals surface area contributed by atoms with Crippen molar-refractivity contribution in [1.29, 1.82) is 5.26 Å². The van der Waals surface area contributed by atoms with Gasteiger partial charge in [0.05, 0.1) is 16.5 Å². The van der Waals surface area contributed by atoms with E-state index < -0.39 is 10.0 Å². The second-order valence-corrected chi connectivity index (χ2v) is 7.93. The summed E-state index contributed by atoms with van der Waals surface area (Å²) in [5.41, 5.74) is 4.60. The van der Waals surface area contributed by atoms with E-state index >= 15 is 0 Å². The van der Waals surface area contributed by atoms with E-state index in [1.54, 1.807) is 60.7 Å². The lowest BCUT2D eigenvalue weighted by molar-refractivity contribution is 0.601. The number of nitriles is 1. The van der Waals surface area contributed by atoms with Gasteiger partial charge in [0.15, 0.2) is 0 Å². The summed E-state index contributed by atoms with van der Waals surface area (Å²) in [7, 11) is -3.64. The summed E-state index contributed by atoms with van der Waals surface area (Å²) in [4.78, 5) is 0.237. The standard InChI is InChI=1S/C21H19N3O2S/c1-15-6-11-21(12-16(15)2)27(25,26)24-19-9-7-18(8-10-19)23-20-5-3-4-17(13-20)14-22/h3-13,23-24H,1-2H3. The van der Waals surface area contributed by atoms with Crippen molar-refractivity contribution in [2.45, 2.75) is 18.7 Å². The minimum absolute atomic E-state index is 0.237. The molecule has 0 amide bonds. The molecule has 0 radical (unpaired) electrons. The molecule has 0 bridgehead atoms. The van der Waals surface area contributed by atoms with Gasteiger partial charge >= 0.3 is 0 Å². The Morgan fingerprint density at radius 1 is 0.815 bits per heavy atom. The molecule has 3 rings (SSSR count). The van der Waals surface area contributed by atoms with Crippen LogP contribution in [-0.2, 0) is 10.0 Å². The van der Waals surface area contributed by atoms with Gasteiger partial charge in [0.1, 0.15) is 0 Å². The molecular weight excluding hydrogens is 358 g/mol. The smallest absolute Gasteiger partial charge is 0.261 e. The average Bonchev–Trinajstić information content (AvgIpc) is 2.65. The first-order chi connectivity index (χ1) is 12.9. The maximum Gasteiger partial charge on any atom is 0.261 e. The molecule has 0 saturated carbocycles. The van der Waals surface area contributed by atoms with Gasteiger partial charge in [0.2, 0.25) is 0 Å². The molecule has 0 aliphatic rings. The highest BCUT2D eigenvalue weighted by Gasteiger charge is 2.14. The van der Waals surface area contributed by atoms with Crippen LogP contribution in [0.25, 0.3) is 0 Å². The first-order valence-electron chi connectivity index (χ1n) is 8.35. The van der Waals surface area contributed by atoms with Crippen molar-refractivity contribution in [3.05, 3.63) is 83.4 Å². The van der Waals surface area contributed by atoms with Crippen molar-refractivity contribution < 1.29 is 8.42 Å². The average molecular weight is 377 g/mol. The number of anilines is 3. The van der Waals surface area contributed by atoms with Crippen molar-refractivity contribution in [3.8, 4) is 6.07 Å². The summed E-state index contributed by atoms with van der Waals surface area (Å²) in [5, 5.41) is 12.1. The molecule has 0 unspecified atom stereocenters. The van der Waals surface area contributed by atoms with E-state index in [4.69, 9.17) is 5.26 Å². The monoisotopic (exact) mass is 377 g/mol. The summed E-state index contributed by atoms with van der Waals surface area (Å²) in [6.07, 6.45) is 0. The lowest BCUT2D eigenvalue weighted by Crippen LogP contribution is -2.13. The maximum absolute atomic E-state index is 12.6. The Kier molecular flexibility index (Phi) is 5.15. The second-order valence-electron chi connectivity index (χ2n) is 6.25. The lowest BCUT2D eigenvalue weighted by atomic mass is 10.1. The third-order valence-corrected chi connectivity index (χ3v) is 5.59. The Morgan fingerprint density at radius 3 is 2.19 bits per heavy atom. The molecule has 3 aromatic rings. The van der Waals surface area contributed by atoms with Gasteiger partial charge in [-0.15, -0.1) is 0 Å². The molecule has 0 heterocycles. The van der Waals surface area contributed by atoms with Crippen molar-refractivity contribution in [2.75, 3.05) is 10.0 Å². The fraction of sp³-hybridized carbons (Fsp3) is 0.0952. The van der Waals surface area contributed by atoms with Crippen LogP contribution in [0.5, 0.6) is 0 Å². The zero-order chi connectivity index (χ0) is 19.4. The molecule has 0 aliphatic carbocycles. The zero-order valence-corrected chi connectivity index (χ0v) is 15.8. The topological polar surface area (TPSA) is 82.0 Å². The highest BCUT2D eigenvalue weighted by molar-refractivity contribution is 7.92. The number of hydrogen-bond donors (Lipinski definition) is 2. The summed E-state index contributed by atoms with van der Waals surface area (Å²) < 4.78 is 27.7. The Balaban J connectivity index is 1.75. The molecule has 0 atom stereocenters. The first kappa shape index (κ1) is 18.5. The van der Waals surface area contributed by atoms with E-state index in [9.17, 15) is 8.42 Å². The molecule has 136 valence electrons. The Morgan fingerprint density at radius 2 is 1.52 bits per heavy atom. The van der Waals surface area contributed by atoms with Crippen LogP contribution in [-0.4, -0.2) is 8.42 Å². The Hall–Kier alpha value is -3.30. The van der Waals surface area contributed by atoms with Crippen LogP contribution in [0.15, 0.2) is 71.6 Å². The second kappa shape index (κ2) is 7.52. The normalized spacial score (nSPS) is 10.9. The molecular formula is C21H19N3O2S. The van der Waals surface area contributed by atoms with E-state index in [-0.39, 0.29) is 4.90 Å². The van der Waals surface area contributed by atoms with Crippen molar-refractivity contribution >= 4 is 27.1 Å². The number of nitrogens with zero attached hydrogens (tertiary/aromatic N) is 1. The zero-order valence-electron chi connectivity index (χ0n) is 15.0. The predicted molar refractivity (Wildman–Crippen MR) is 108 cm³/mol. The quantitative estimate of drug-likeness (QED) is 0.674. The van der Waals surface area contributed by atoms with Crippen LogP contribution in [0.3, 0.4) is 0 Å². The molecule has 3 aromatic carbocycles. The maximum atomic E-state index is 12.6. The minimum Gasteiger partial charge on any atom is -0.355 e. The number of rotatable bonds is 5. The van der Waals surface area contributed by atoms with Crippen LogP contribution in [0.2, 0.25) is 0 Å². The third-order valence-electron chi connectivity index (χ3n) is 4.21. The summed E-state index contributed by atoms with van der Waals surface area (Å²) >= 11 is 0. The van der Waals surface area contributed by atoms with Gasteiger partial charge in [0.25, 0.3) is 10.0 Å². The summed E-state index contributed by atoms with van der Waals surface area (Å²) in [6.45, 7) is 3.83. The largest absolute Gasteiger partial charge is 0.355 e. The Bertz CT molecular complexity index is 1110. The molecule has 2 N–H and O–H groups in total. The number of nitrogens with one attached hydrogen (secondary N) is 2. The fourth-order valence-corrected chi connectivity index (χ4v) is 3.69. The van der Waals surface area contributed by atoms with E-state index in [0.29, 0.717) is 11.3 Å². The molecule has 27 heavy (non-hydrogen) atoms. The van der Waals surface area contributed by atoms with Gasteiger partial charge < -0.3 is 5.32 Å². The lowest BCUT2D eigenvalue weighted by Gasteiger charge is -2.11. The molecule has 6 heteroatoms. The van der Waals surface area contributed by atoms with Gasteiger partial charge in [-0.25, -0.2) is 8.42 Å². The fourth-order valence-electron chi connectivity index (χ4n) is 2.55. The van der Waals surface area contributed by atoms with Crippen LogP contribution < -0.4 is 10.0 Å². The number of hydrogen-bond acceptors (Lipinski definition) is 4. The van der Waals surface area contributed by atoms with Gasteiger partial charge in [-0.3, -0.25) is 4.72 Å². The minimum atomic E-state index is -3.64. The molecule has 0 aliphatic heterocycles. The van der Waals surface area contributed by atoms with E-state index in [1.807, 2.05) is 19.9 Å². The van der Waals surface area contributed by atoms with Gasteiger partial charge in [-0.05, 0) is 79.6 Å². The van der Waals surface area contributed by atoms with E-state index in [0.717, 1.165) is 22.5 Å². The van der Waals surface area contributed by atoms with Crippen molar-refractivity contribution in [1.82, 2.24) is 0 Å². The van der Waals surface area contributed by atoms with Crippen LogP contribution in [0.4, 0.5) is 17.1 Å². The molecule has 0 aromatic heterocycles. The van der Waals surface area contributed by atoms with Gasteiger partial charge in [-0.1, -0.05) is 12.1 Å². The molecule has 0 spiro atoms. The Labute approximate surface area is 159 Å². The van der Waals surface area contributed by atoms with Crippen molar-refractivity contribution in [2.24, 2.45) is 0 Å². The van der Waals surface area contributed by atoms with Gasteiger partial charge in [0, 0.05) is 17.1 Å². The molecule has 0 fully saturated rings. The number of aryl methyl sites for hydroxylation is 2.